The molecule has 1 atom stereocenters. The molecule has 0 saturated heterocycles. The number of amides is 1. The number of hydrogen-bond donors (Lipinski definition) is 1. The van der Waals surface area contributed by atoms with Crippen molar-refractivity contribution < 1.29 is 4.79 Å². The van der Waals surface area contributed by atoms with Gasteiger partial charge in [-0.2, -0.15) is 0 Å². The average molecular weight is 290 g/mol. The molecule has 0 aromatic heterocycles. The van der Waals surface area contributed by atoms with Gasteiger partial charge in [0.2, 0.25) is 5.91 Å². The van der Waals surface area contributed by atoms with Crippen molar-refractivity contribution in [1.82, 2.24) is 0 Å². The number of benzene rings is 1. The summed E-state index contributed by atoms with van der Waals surface area (Å²) < 4.78 is 0. The summed E-state index contributed by atoms with van der Waals surface area (Å²) in [6.07, 6.45) is 2.63. The van der Waals surface area contributed by atoms with Gasteiger partial charge in [0.25, 0.3) is 0 Å². The summed E-state index contributed by atoms with van der Waals surface area (Å²) in [6.45, 7) is 6.62. The first-order chi connectivity index (χ1) is 9.40. The van der Waals surface area contributed by atoms with Gasteiger partial charge in [0, 0.05) is 12.2 Å². The molecule has 2 rings (SSSR count). The van der Waals surface area contributed by atoms with Crippen LogP contribution < -0.4 is 10.6 Å². The third kappa shape index (κ3) is 2.44. The molecular weight excluding hydrogens is 268 g/mol. The topological polar surface area (TPSA) is 46.3 Å². The third-order valence-electron chi connectivity index (χ3n) is 4.32. The van der Waals surface area contributed by atoms with E-state index >= 15 is 0 Å². The molecule has 4 heteroatoms. The highest BCUT2D eigenvalue weighted by Gasteiger charge is 2.39. The molecule has 0 radical (unpaired) electrons. The summed E-state index contributed by atoms with van der Waals surface area (Å²) in [6, 6.07) is 6.25. The molecule has 1 unspecified atom stereocenters. The molecule has 2 N–H and O–H groups in total. The van der Waals surface area contributed by atoms with Crippen molar-refractivity contribution in [2.24, 2.45) is 11.1 Å². The molecule has 0 bridgehead atoms. The van der Waals surface area contributed by atoms with Gasteiger partial charge in [0.05, 0.1) is 10.4 Å². The molecule has 20 heavy (non-hydrogen) atoms. The predicted octanol–water partition coefficient (Wildman–Crippen LogP) is 2.98. The lowest BCUT2D eigenvalue weighted by Gasteiger charge is -2.36. The van der Waals surface area contributed by atoms with Crippen molar-refractivity contribution in [2.45, 2.75) is 40.0 Å². The van der Waals surface area contributed by atoms with E-state index in [1.807, 2.05) is 24.8 Å². The minimum atomic E-state index is -0.755. The lowest BCUT2D eigenvalue weighted by molar-refractivity contribution is -0.124. The van der Waals surface area contributed by atoms with E-state index in [0.717, 1.165) is 25.1 Å². The second kappa shape index (κ2) is 5.52. The summed E-state index contributed by atoms with van der Waals surface area (Å²) in [7, 11) is 0. The standard InChI is InChI=1S/C16H22N2OS/c1-4-16(3,14(17)20)15(19)18-9-5-6-12-10-11(2)7-8-13(12)18/h7-8,10H,4-6,9H2,1-3H3,(H2,17,20). The first kappa shape index (κ1) is 15.0. The Kier molecular flexibility index (Phi) is 4.14. The maximum absolute atomic E-state index is 12.9. The Morgan fingerprint density at radius 2 is 2.20 bits per heavy atom. The first-order valence-electron chi connectivity index (χ1n) is 7.11. The smallest absolute Gasteiger partial charge is 0.239 e. The number of rotatable bonds is 3. The number of fused-ring (bicyclic) bond motifs is 1. The van der Waals surface area contributed by atoms with Crippen LogP contribution in [0.5, 0.6) is 0 Å². The van der Waals surface area contributed by atoms with E-state index in [9.17, 15) is 4.79 Å². The lowest BCUT2D eigenvalue weighted by Crippen LogP contribution is -2.50. The molecule has 0 spiro atoms. The van der Waals surface area contributed by atoms with E-state index in [-0.39, 0.29) is 10.9 Å². The number of anilines is 1. The molecule has 1 amide bonds. The summed E-state index contributed by atoms with van der Waals surface area (Å²) in [4.78, 5) is 15.0. The second-order valence-electron chi connectivity index (χ2n) is 5.74. The summed E-state index contributed by atoms with van der Waals surface area (Å²) in [5.41, 5.74) is 8.55. The zero-order chi connectivity index (χ0) is 14.9. The highest BCUT2D eigenvalue weighted by Crippen LogP contribution is 2.33. The Morgan fingerprint density at radius 1 is 1.50 bits per heavy atom. The highest BCUT2D eigenvalue weighted by atomic mass is 32.1. The Morgan fingerprint density at radius 3 is 2.80 bits per heavy atom. The number of aryl methyl sites for hydroxylation is 2. The fourth-order valence-electron chi connectivity index (χ4n) is 2.67. The molecule has 0 fully saturated rings. The Labute approximate surface area is 126 Å². The van der Waals surface area contributed by atoms with E-state index in [1.54, 1.807) is 0 Å². The van der Waals surface area contributed by atoms with E-state index < -0.39 is 5.41 Å². The highest BCUT2D eigenvalue weighted by molar-refractivity contribution is 7.80. The third-order valence-corrected chi connectivity index (χ3v) is 4.77. The van der Waals surface area contributed by atoms with E-state index in [0.29, 0.717) is 6.42 Å². The second-order valence-corrected chi connectivity index (χ2v) is 6.18. The van der Waals surface area contributed by atoms with Crippen LogP contribution in [-0.2, 0) is 11.2 Å². The molecule has 1 aromatic carbocycles. The van der Waals surface area contributed by atoms with E-state index in [2.05, 4.69) is 19.1 Å². The van der Waals surface area contributed by atoms with Crippen LogP contribution in [0.4, 0.5) is 5.69 Å². The Bertz CT molecular complexity index is 555. The van der Waals surface area contributed by atoms with E-state index in [1.165, 1.54) is 11.1 Å². The van der Waals surface area contributed by atoms with Gasteiger partial charge in [-0.3, -0.25) is 4.79 Å². The Hall–Kier alpha value is -1.42. The first-order valence-corrected chi connectivity index (χ1v) is 7.52. The van der Waals surface area contributed by atoms with Crippen molar-refractivity contribution >= 4 is 28.8 Å². The van der Waals surface area contributed by atoms with Crippen LogP contribution in [0.25, 0.3) is 0 Å². The normalized spacial score (nSPS) is 17.2. The van der Waals surface area contributed by atoms with Crippen LogP contribution in [0.2, 0.25) is 0 Å². The van der Waals surface area contributed by atoms with Gasteiger partial charge < -0.3 is 10.6 Å². The molecule has 0 saturated carbocycles. The zero-order valence-corrected chi connectivity index (χ0v) is 13.2. The lowest BCUT2D eigenvalue weighted by atomic mass is 9.84. The van der Waals surface area contributed by atoms with Crippen LogP contribution in [-0.4, -0.2) is 17.4 Å². The van der Waals surface area contributed by atoms with Crippen molar-refractivity contribution in [3.8, 4) is 0 Å². The molecular formula is C16H22N2OS. The maximum atomic E-state index is 12.9. The maximum Gasteiger partial charge on any atom is 0.239 e. The SMILES string of the molecule is CCC(C)(C(=O)N1CCCc2cc(C)ccc21)C(N)=S. The van der Waals surface area contributed by atoms with Crippen LogP contribution in [0.3, 0.4) is 0 Å². The van der Waals surface area contributed by atoms with Gasteiger partial charge in [-0.1, -0.05) is 36.8 Å². The molecule has 3 nitrogen and oxygen atoms in total. The monoisotopic (exact) mass is 290 g/mol. The molecule has 0 aliphatic carbocycles. The summed E-state index contributed by atoms with van der Waals surface area (Å²) >= 11 is 5.12. The van der Waals surface area contributed by atoms with Gasteiger partial charge in [0.15, 0.2) is 0 Å². The predicted molar refractivity (Wildman–Crippen MR) is 87.0 cm³/mol. The molecule has 1 aliphatic rings. The van der Waals surface area contributed by atoms with Crippen LogP contribution in [0.1, 0.15) is 37.8 Å². The van der Waals surface area contributed by atoms with Crippen LogP contribution in [0.15, 0.2) is 18.2 Å². The van der Waals surface area contributed by atoms with E-state index in [4.69, 9.17) is 18.0 Å². The summed E-state index contributed by atoms with van der Waals surface area (Å²) in [5.74, 6) is 0.0253. The minimum Gasteiger partial charge on any atom is -0.392 e. The van der Waals surface area contributed by atoms with Gasteiger partial charge in [-0.15, -0.1) is 0 Å². The van der Waals surface area contributed by atoms with Crippen molar-refractivity contribution in [1.29, 1.82) is 0 Å². The van der Waals surface area contributed by atoms with Gasteiger partial charge >= 0.3 is 0 Å². The number of hydrogen-bond acceptors (Lipinski definition) is 2. The number of carbonyl (C=O) groups excluding carboxylic acids is 1. The molecule has 108 valence electrons. The minimum absolute atomic E-state index is 0.0253. The molecule has 1 aromatic rings. The largest absolute Gasteiger partial charge is 0.392 e. The van der Waals surface area contributed by atoms with Crippen molar-refractivity contribution in [3.63, 3.8) is 0 Å². The fourth-order valence-corrected chi connectivity index (χ4v) is 2.90. The molecule has 1 heterocycles. The van der Waals surface area contributed by atoms with Crippen LogP contribution >= 0.6 is 12.2 Å². The van der Waals surface area contributed by atoms with Crippen molar-refractivity contribution in [2.75, 3.05) is 11.4 Å². The number of thiocarbonyl (C=S) groups is 1. The summed E-state index contributed by atoms with van der Waals surface area (Å²) in [5, 5.41) is 0. The van der Waals surface area contributed by atoms with Crippen molar-refractivity contribution in [3.05, 3.63) is 29.3 Å². The quantitative estimate of drug-likeness (QED) is 0.871. The number of nitrogens with zero attached hydrogens (tertiary/aromatic N) is 1. The van der Waals surface area contributed by atoms with Crippen LogP contribution in [0, 0.1) is 12.3 Å². The number of carbonyl (C=O) groups is 1. The Balaban J connectivity index is 2.41. The average Bonchev–Trinajstić information content (AvgIpc) is 2.44. The number of nitrogens with two attached hydrogens (primary N) is 1. The fraction of sp³-hybridized carbons (Fsp3) is 0.500. The molecule has 1 aliphatic heterocycles. The van der Waals surface area contributed by atoms with Gasteiger partial charge in [-0.05, 0) is 44.7 Å². The van der Waals surface area contributed by atoms with Gasteiger partial charge in [0.1, 0.15) is 0 Å². The zero-order valence-electron chi connectivity index (χ0n) is 12.4. The van der Waals surface area contributed by atoms with Gasteiger partial charge in [-0.25, -0.2) is 0 Å².